The van der Waals surface area contributed by atoms with E-state index in [-0.39, 0.29) is 12.6 Å². The lowest BCUT2D eigenvalue weighted by atomic mass is 9.99. The van der Waals surface area contributed by atoms with Crippen LogP contribution < -0.4 is 9.47 Å². The minimum absolute atomic E-state index is 0.210. The zero-order valence-corrected chi connectivity index (χ0v) is 16.4. The minimum Gasteiger partial charge on any atom is -0.497 e. The molecule has 0 aromatic heterocycles. The molecule has 0 N–H and O–H groups in total. The first-order chi connectivity index (χ1) is 14.2. The Morgan fingerprint density at radius 1 is 0.828 bits per heavy atom. The van der Waals surface area contributed by atoms with Gasteiger partial charge in [-0.05, 0) is 41.0 Å². The molecular formula is C24H23NO4. The molecule has 0 saturated carbocycles. The molecule has 29 heavy (non-hydrogen) atoms. The summed E-state index contributed by atoms with van der Waals surface area (Å²) in [5, 5.41) is 0. The number of aliphatic imine (C=N–C) groups is 1. The molecule has 0 heterocycles. The monoisotopic (exact) mass is 389 g/mol. The molecular weight excluding hydrogens is 366 g/mol. The van der Waals surface area contributed by atoms with Gasteiger partial charge in [0.25, 0.3) is 0 Å². The molecule has 3 rings (SSSR count). The number of nitrogens with zero attached hydrogens (tertiary/aromatic N) is 1. The number of carbonyl (C=O) groups is 1. The number of rotatable bonds is 8. The third-order valence-corrected chi connectivity index (χ3v) is 4.42. The Bertz CT molecular complexity index is 887. The first-order valence-corrected chi connectivity index (χ1v) is 9.21. The molecule has 0 saturated heterocycles. The topological polar surface area (TPSA) is 57.1 Å². The molecule has 0 unspecified atom stereocenters. The molecule has 148 valence electrons. The van der Waals surface area contributed by atoms with E-state index >= 15 is 0 Å². The summed E-state index contributed by atoms with van der Waals surface area (Å²) in [4.78, 5) is 16.7. The number of benzene rings is 3. The first kappa shape index (κ1) is 20.1. The van der Waals surface area contributed by atoms with E-state index < -0.39 is 5.97 Å². The van der Waals surface area contributed by atoms with Crippen molar-refractivity contribution in [2.75, 3.05) is 14.2 Å². The Morgan fingerprint density at radius 3 is 1.83 bits per heavy atom. The quantitative estimate of drug-likeness (QED) is 0.417. The van der Waals surface area contributed by atoms with Gasteiger partial charge in [-0.15, -0.1) is 0 Å². The Balaban J connectivity index is 1.77. The van der Waals surface area contributed by atoms with Crippen LogP contribution in [0.25, 0.3) is 0 Å². The van der Waals surface area contributed by atoms with E-state index in [0.29, 0.717) is 0 Å². The summed E-state index contributed by atoms with van der Waals surface area (Å²) in [6, 6.07) is 24.4. The van der Waals surface area contributed by atoms with Crippen molar-refractivity contribution in [1.82, 2.24) is 0 Å². The average Bonchev–Trinajstić information content (AvgIpc) is 2.79. The number of hydrogen-bond donors (Lipinski definition) is 0. The largest absolute Gasteiger partial charge is 0.497 e. The second-order valence-electron chi connectivity index (χ2n) is 6.32. The molecule has 5 nitrogen and oxygen atoms in total. The van der Waals surface area contributed by atoms with Crippen molar-refractivity contribution in [3.63, 3.8) is 0 Å². The predicted octanol–water partition coefficient (Wildman–Crippen LogP) is 4.61. The Labute approximate surface area is 170 Å². The maximum Gasteiger partial charge on any atom is 0.349 e. The van der Waals surface area contributed by atoms with Crippen LogP contribution in [0.5, 0.6) is 11.5 Å². The number of ether oxygens (including phenoxy) is 3. The molecule has 0 spiro atoms. The lowest BCUT2D eigenvalue weighted by Crippen LogP contribution is -2.08. The van der Waals surface area contributed by atoms with Crippen molar-refractivity contribution in [3.05, 3.63) is 95.6 Å². The van der Waals surface area contributed by atoms with Crippen LogP contribution in [-0.2, 0) is 16.1 Å². The lowest BCUT2D eigenvalue weighted by molar-refractivity contribution is -0.136. The molecule has 0 aliphatic carbocycles. The number of hydrogen-bond acceptors (Lipinski definition) is 5. The fourth-order valence-corrected chi connectivity index (χ4v) is 2.84. The van der Waals surface area contributed by atoms with Crippen molar-refractivity contribution < 1.29 is 19.0 Å². The highest BCUT2D eigenvalue weighted by atomic mass is 16.5. The van der Waals surface area contributed by atoms with Crippen molar-refractivity contribution in [2.24, 2.45) is 4.99 Å². The van der Waals surface area contributed by atoms with Gasteiger partial charge >= 0.3 is 5.97 Å². The SMILES string of the molecule is COc1ccc(C(N=CC(=O)OCc2ccccc2)c2ccc(OC)cc2)cc1. The predicted molar refractivity (Wildman–Crippen MR) is 113 cm³/mol. The molecule has 5 heteroatoms. The van der Waals surface area contributed by atoms with Gasteiger partial charge in [0.1, 0.15) is 30.4 Å². The van der Waals surface area contributed by atoms with Crippen molar-refractivity contribution in [1.29, 1.82) is 0 Å². The van der Waals surface area contributed by atoms with Crippen molar-refractivity contribution in [2.45, 2.75) is 12.6 Å². The summed E-state index contributed by atoms with van der Waals surface area (Å²) < 4.78 is 15.8. The van der Waals surface area contributed by atoms with Crippen LogP contribution in [0.3, 0.4) is 0 Å². The molecule has 0 bridgehead atoms. The number of methoxy groups -OCH3 is 2. The second-order valence-corrected chi connectivity index (χ2v) is 6.32. The fourth-order valence-electron chi connectivity index (χ4n) is 2.84. The molecule has 0 aliphatic heterocycles. The van der Waals surface area contributed by atoms with Crippen LogP contribution in [0.1, 0.15) is 22.7 Å². The third kappa shape index (κ3) is 5.69. The second kappa shape index (κ2) is 10.1. The Hall–Kier alpha value is -3.60. The van der Waals surface area contributed by atoms with Crippen LogP contribution in [-0.4, -0.2) is 26.4 Å². The lowest BCUT2D eigenvalue weighted by Gasteiger charge is -2.14. The van der Waals surface area contributed by atoms with Gasteiger partial charge in [0.05, 0.1) is 14.2 Å². The molecule has 3 aromatic rings. The maximum absolute atomic E-state index is 12.2. The van der Waals surface area contributed by atoms with Crippen molar-refractivity contribution >= 4 is 12.2 Å². The molecule has 0 radical (unpaired) electrons. The van der Waals surface area contributed by atoms with Crippen LogP contribution in [0.15, 0.2) is 83.9 Å². The zero-order valence-electron chi connectivity index (χ0n) is 16.4. The highest BCUT2D eigenvalue weighted by Crippen LogP contribution is 2.28. The van der Waals surface area contributed by atoms with E-state index in [4.69, 9.17) is 14.2 Å². The molecule has 3 aromatic carbocycles. The van der Waals surface area contributed by atoms with Gasteiger partial charge in [-0.25, -0.2) is 4.79 Å². The molecule has 0 amide bonds. The van der Waals surface area contributed by atoms with E-state index in [2.05, 4.69) is 4.99 Å². The smallest absolute Gasteiger partial charge is 0.349 e. The number of esters is 1. The van der Waals surface area contributed by atoms with Crippen LogP contribution >= 0.6 is 0 Å². The minimum atomic E-state index is -0.485. The van der Waals surface area contributed by atoms with Crippen molar-refractivity contribution in [3.8, 4) is 11.5 Å². The zero-order chi connectivity index (χ0) is 20.5. The number of carbonyl (C=O) groups excluding carboxylic acids is 1. The Kier molecular flexibility index (Phi) is 7.00. The summed E-state index contributed by atoms with van der Waals surface area (Å²) in [6.07, 6.45) is 1.24. The normalized spacial score (nSPS) is 10.9. The van der Waals surface area contributed by atoms with Gasteiger partial charge in [0.15, 0.2) is 0 Å². The average molecular weight is 389 g/mol. The highest BCUT2D eigenvalue weighted by molar-refractivity contribution is 6.23. The van der Waals surface area contributed by atoms with E-state index in [9.17, 15) is 4.79 Å². The van der Waals surface area contributed by atoms with Gasteiger partial charge in [-0.1, -0.05) is 54.6 Å². The molecule has 0 aliphatic rings. The van der Waals surface area contributed by atoms with E-state index in [0.717, 1.165) is 28.2 Å². The van der Waals surface area contributed by atoms with Gasteiger partial charge in [0, 0.05) is 0 Å². The van der Waals surface area contributed by atoms with E-state index in [1.54, 1.807) is 14.2 Å². The van der Waals surface area contributed by atoms with Crippen LogP contribution in [0.4, 0.5) is 0 Å². The standard InChI is InChI=1S/C24H23NO4/c1-27-21-12-8-19(9-13-21)24(20-10-14-22(28-2)15-11-20)25-16-23(26)29-17-18-6-4-3-5-7-18/h3-16,24H,17H2,1-2H3. The van der Waals surface area contributed by atoms with Crippen LogP contribution in [0.2, 0.25) is 0 Å². The van der Waals surface area contributed by atoms with Gasteiger partial charge in [-0.2, -0.15) is 0 Å². The van der Waals surface area contributed by atoms with Gasteiger partial charge in [0.2, 0.25) is 0 Å². The summed E-state index contributed by atoms with van der Waals surface area (Å²) in [5.74, 6) is 1.03. The Morgan fingerprint density at radius 2 is 1.34 bits per heavy atom. The summed E-state index contributed by atoms with van der Waals surface area (Å²) in [5.41, 5.74) is 2.79. The summed E-state index contributed by atoms with van der Waals surface area (Å²) in [6.45, 7) is 0.210. The molecule has 0 atom stereocenters. The van der Waals surface area contributed by atoms with Crippen LogP contribution in [0, 0.1) is 0 Å². The first-order valence-electron chi connectivity index (χ1n) is 9.21. The highest BCUT2D eigenvalue weighted by Gasteiger charge is 2.14. The van der Waals surface area contributed by atoms with Gasteiger partial charge in [-0.3, -0.25) is 4.99 Å². The van der Waals surface area contributed by atoms with E-state index in [1.165, 1.54) is 6.21 Å². The van der Waals surface area contributed by atoms with E-state index in [1.807, 2.05) is 78.9 Å². The summed E-state index contributed by atoms with van der Waals surface area (Å²) >= 11 is 0. The third-order valence-electron chi connectivity index (χ3n) is 4.42. The summed E-state index contributed by atoms with van der Waals surface area (Å²) in [7, 11) is 3.24. The maximum atomic E-state index is 12.2. The fraction of sp³-hybridized carbons (Fsp3) is 0.167. The van der Waals surface area contributed by atoms with Gasteiger partial charge < -0.3 is 14.2 Å². The molecule has 0 fully saturated rings.